The van der Waals surface area contributed by atoms with Crippen molar-refractivity contribution in [2.75, 3.05) is 5.75 Å². The van der Waals surface area contributed by atoms with E-state index in [2.05, 4.69) is 25.6 Å². The van der Waals surface area contributed by atoms with Gasteiger partial charge in [-0.1, -0.05) is 20.3 Å². The first kappa shape index (κ1) is 7.46. The molecule has 1 heterocycles. The van der Waals surface area contributed by atoms with Crippen molar-refractivity contribution < 1.29 is 0 Å². The summed E-state index contributed by atoms with van der Waals surface area (Å²) < 4.78 is 0. The Morgan fingerprint density at radius 3 is 2.56 bits per heavy atom. The van der Waals surface area contributed by atoms with Gasteiger partial charge in [-0.05, 0) is 24.5 Å². The van der Waals surface area contributed by atoms with Gasteiger partial charge in [0.2, 0.25) is 0 Å². The maximum Gasteiger partial charge on any atom is 0.00728 e. The van der Waals surface area contributed by atoms with E-state index in [1.54, 1.807) is 0 Å². The molecule has 0 radical (unpaired) electrons. The predicted molar refractivity (Wildman–Crippen MR) is 44.9 cm³/mol. The molecule has 1 saturated heterocycles. The normalized spacial score (nSPS) is 35.3. The van der Waals surface area contributed by atoms with E-state index in [-0.39, 0.29) is 0 Å². The molecule has 1 aliphatic heterocycles. The smallest absolute Gasteiger partial charge is 0.00728 e. The Morgan fingerprint density at radius 2 is 2.11 bits per heavy atom. The highest BCUT2D eigenvalue weighted by Gasteiger charge is 2.23. The maximum absolute atomic E-state index is 2.32. The average molecular weight is 144 g/mol. The molecule has 1 rings (SSSR count). The second-order valence-corrected chi connectivity index (χ2v) is 4.12. The Bertz CT molecular complexity index is 70.6. The van der Waals surface area contributed by atoms with Crippen molar-refractivity contribution in [3.63, 3.8) is 0 Å². The van der Waals surface area contributed by atoms with Gasteiger partial charge in [-0.15, -0.1) is 0 Å². The van der Waals surface area contributed by atoms with Crippen LogP contribution >= 0.6 is 11.8 Å². The molecule has 0 N–H and O–H groups in total. The van der Waals surface area contributed by atoms with Crippen LogP contribution in [0.15, 0.2) is 0 Å². The molecule has 0 aromatic rings. The summed E-state index contributed by atoms with van der Waals surface area (Å²) >= 11 is 2.18. The molecule has 2 atom stereocenters. The highest BCUT2D eigenvalue weighted by Crippen LogP contribution is 2.35. The van der Waals surface area contributed by atoms with Crippen LogP contribution in [-0.2, 0) is 0 Å². The highest BCUT2D eigenvalue weighted by molar-refractivity contribution is 8.00. The van der Waals surface area contributed by atoms with Gasteiger partial charge in [0.15, 0.2) is 0 Å². The molecule has 1 heteroatoms. The third-order valence-electron chi connectivity index (χ3n) is 2.27. The molecule has 0 saturated carbocycles. The minimum atomic E-state index is 0.995. The molecule has 9 heavy (non-hydrogen) atoms. The Labute approximate surface area is 62.4 Å². The van der Waals surface area contributed by atoms with E-state index >= 15 is 0 Å². The number of thioether (sulfide) groups is 1. The van der Waals surface area contributed by atoms with Gasteiger partial charge in [-0.25, -0.2) is 0 Å². The molecule has 2 unspecified atom stereocenters. The van der Waals surface area contributed by atoms with Crippen LogP contribution in [0.5, 0.6) is 0 Å². The minimum absolute atomic E-state index is 0.995. The van der Waals surface area contributed by atoms with Crippen molar-refractivity contribution in [1.29, 1.82) is 0 Å². The van der Waals surface area contributed by atoms with Crippen molar-refractivity contribution in [3.8, 4) is 0 Å². The van der Waals surface area contributed by atoms with E-state index in [4.69, 9.17) is 0 Å². The lowest BCUT2D eigenvalue weighted by Crippen LogP contribution is -2.08. The zero-order valence-electron chi connectivity index (χ0n) is 6.39. The van der Waals surface area contributed by atoms with E-state index in [9.17, 15) is 0 Å². The topological polar surface area (TPSA) is 0 Å². The summed E-state index contributed by atoms with van der Waals surface area (Å²) in [6.45, 7) is 4.63. The van der Waals surface area contributed by atoms with Crippen LogP contribution in [0, 0.1) is 5.92 Å². The molecule has 0 aliphatic carbocycles. The fourth-order valence-corrected chi connectivity index (χ4v) is 3.19. The Morgan fingerprint density at radius 1 is 1.33 bits per heavy atom. The highest BCUT2D eigenvalue weighted by atomic mass is 32.2. The van der Waals surface area contributed by atoms with Gasteiger partial charge in [0, 0.05) is 5.25 Å². The lowest BCUT2D eigenvalue weighted by molar-refractivity contribution is 0.489. The van der Waals surface area contributed by atoms with Crippen LogP contribution in [0.2, 0.25) is 0 Å². The molecule has 0 aromatic carbocycles. The fourth-order valence-electron chi connectivity index (χ4n) is 1.61. The van der Waals surface area contributed by atoms with Gasteiger partial charge in [0.25, 0.3) is 0 Å². The molecule has 0 amide bonds. The SMILES string of the molecule is CCC1CCSC1CC. The second-order valence-electron chi connectivity index (χ2n) is 2.77. The van der Waals surface area contributed by atoms with Gasteiger partial charge >= 0.3 is 0 Å². The summed E-state index contributed by atoms with van der Waals surface area (Å²) in [6, 6.07) is 0. The van der Waals surface area contributed by atoms with E-state index in [1.165, 1.54) is 25.0 Å². The molecular weight excluding hydrogens is 128 g/mol. The molecule has 0 bridgehead atoms. The monoisotopic (exact) mass is 144 g/mol. The number of rotatable bonds is 2. The first-order chi connectivity index (χ1) is 4.38. The van der Waals surface area contributed by atoms with Crippen molar-refractivity contribution in [1.82, 2.24) is 0 Å². The Kier molecular flexibility index (Phi) is 2.90. The van der Waals surface area contributed by atoms with E-state index in [0.717, 1.165) is 11.2 Å². The summed E-state index contributed by atoms with van der Waals surface area (Å²) in [6.07, 6.45) is 4.24. The van der Waals surface area contributed by atoms with Crippen LogP contribution in [0.1, 0.15) is 33.1 Å². The zero-order valence-corrected chi connectivity index (χ0v) is 7.21. The molecule has 0 nitrogen and oxygen atoms in total. The van der Waals surface area contributed by atoms with E-state index < -0.39 is 0 Å². The lowest BCUT2D eigenvalue weighted by Gasteiger charge is -2.13. The van der Waals surface area contributed by atoms with E-state index in [1.807, 2.05) is 0 Å². The number of hydrogen-bond donors (Lipinski definition) is 0. The fraction of sp³-hybridized carbons (Fsp3) is 1.00. The summed E-state index contributed by atoms with van der Waals surface area (Å²) in [5.74, 6) is 2.46. The van der Waals surface area contributed by atoms with E-state index in [0.29, 0.717) is 0 Å². The van der Waals surface area contributed by atoms with Crippen molar-refractivity contribution in [2.24, 2.45) is 5.92 Å². The third-order valence-corrected chi connectivity index (χ3v) is 3.89. The summed E-state index contributed by atoms with van der Waals surface area (Å²) in [5, 5.41) is 0.995. The third kappa shape index (κ3) is 1.64. The largest absolute Gasteiger partial charge is 0.158 e. The van der Waals surface area contributed by atoms with Crippen molar-refractivity contribution in [3.05, 3.63) is 0 Å². The molecule has 1 aliphatic rings. The molecule has 54 valence electrons. The van der Waals surface area contributed by atoms with Gasteiger partial charge in [0.1, 0.15) is 0 Å². The van der Waals surface area contributed by atoms with Crippen LogP contribution in [-0.4, -0.2) is 11.0 Å². The first-order valence-electron chi connectivity index (χ1n) is 4.00. The lowest BCUT2D eigenvalue weighted by atomic mass is 9.98. The maximum atomic E-state index is 2.32. The molecular formula is C8H16S. The van der Waals surface area contributed by atoms with Crippen LogP contribution in [0.25, 0.3) is 0 Å². The summed E-state index contributed by atoms with van der Waals surface area (Å²) in [5.41, 5.74) is 0. The molecule has 0 spiro atoms. The van der Waals surface area contributed by atoms with Crippen LogP contribution < -0.4 is 0 Å². The van der Waals surface area contributed by atoms with Crippen LogP contribution in [0.4, 0.5) is 0 Å². The van der Waals surface area contributed by atoms with Crippen LogP contribution in [0.3, 0.4) is 0 Å². The first-order valence-corrected chi connectivity index (χ1v) is 5.05. The zero-order chi connectivity index (χ0) is 6.69. The predicted octanol–water partition coefficient (Wildman–Crippen LogP) is 2.93. The second kappa shape index (κ2) is 3.50. The van der Waals surface area contributed by atoms with Gasteiger partial charge in [-0.2, -0.15) is 11.8 Å². The van der Waals surface area contributed by atoms with Gasteiger partial charge in [-0.3, -0.25) is 0 Å². The molecule has 0 aromatic heterocycles. The summed E-state index contributed by atoms with van der Waals surface area (Å²) in [4.78, 5) is 0. The standard InChI is InChI=1S/C8H16S/c1-3-7-5-6-9-8(7)4-2/h7-8H,3-6H2,1-2H3. The summed E-state index contributed by atoms with van der Waals surface area (Å²) in [7, 11) is 0. The average Bonchev–Trinajstić information content (AvgIpc) is 2.33. The van der Waals surface area contributed by atoms with Crippen molar-refractivity contribution >= 4 is 11.8 Å². The number of hydrogen-bond acceptors (Lipinski definition) is 1. The van der Waals surface area contributed by atoms with Gasteiger partial charge < -0.3 is 0 Å². The van der Waals surface area contributed by atoms with Gasteiger partial charge in [0.05, 0.1) is 0 Å². The Hall–Kier alpha value is 0.350. The molecule has 1 fully saturated rings. The minimum Gasteiger partial charge on any atom is -0.158 e. The Balaban J connectivity index is 2.32. The quantitative estimate of drug-likeness (QED) is 0.574. The van der Waals surface area contributed by atoms with Crippen molar-refractivity contribution in [2.45, 2.75) is 38.4 Å².